The van der Waals surface area contributed by atoms with Crippen molar-refractivity contribution in [2.45, 2.75) is 19.4 Å². The summed E-state index contributed by atoms with van der Waals surface area (Å²) in [4.78, 5) is 24.2. The van der Waals surface area contributed by atoms with E-state index >= 15 is 0 Å². The Bertz CT molecular complexity index is 771. The first-order chi connectivity index (χ1) is 12.7. The fourth-order valence-corrected chi connectivity index (χ4v) is 2.95. The van der Waals surface area contributed by atoms with E-state index in [0.29, 0.717) is 30.7 Å². The van der Waals surface area contributed by atoms with Gasteiger partial charge in [0.15, 0.2) is 5.78 Å². The van der Waals surface area contributed by atoms with Gasteiger partial charge >= 0.3 is 0 Å². The number of benzene rings is 2. The lowest BCUT2D eigenvalue weighted by atomic mass is 9.99. The summed E-state index contributed by atoms with van der Waals surface area (Å²) in [6, 6.07) is 15.0. The summed E-state index contributed by atoms with van der Waals surface area (Å²) in [6.07, 6.45) is 0.508. The van der Waals surface area contributed by atoms with Gasteiger partial charge in [-0.05, 0) is 29.3 Å². The smallest absolute Gasteiger partial charge is 0.251 e. The van der Waals surface area contributed by atoms with Gasteiger partial charge in [-0.25, -0.2) is 0 Å². The number of ether oxygens (including phenoxy) is 1. The number of halogens is 1. The maximum absolute atomic E-state index is 12.3. The molecule has 2 N–H and O–H groups in total. The second-order valence-corrected chi connectivity index (χ2v) is 6.34. The molecule has 1 amide bonds. The number of carbonyl (C=O) groups is 2. The van der Waals surface area contributed by atoms with Crippen LogP contribution in [0.5, 0.6) is 0 Å². The molecule has 27 heavy (non-hydrogen) atoms. The van der Waals surface area contributed by atoms with Crippen molar-refractivity contribution in [3.63, 3.8) is 0 Å². The van der Waals surface area contributed by atoms with Gasteiger partial charge in [0.05, 0.1) is 12.7 Å². The van der Waals surface area contributed by atoms with Crippen molar-refractivity contribution in [2.24, 2.45) is 0 Å². The van der Waals surface area contributed by atoms with Crippen molar-refractivity contribution < 1.29 is 14.3 Å². The van der Waals surface area contributed by atoms with Crippen molar-refractivity contribution in [1.82, 2.24) is 10.6 Å². The van der Waals surface area contributed by atoms with E-state index in [1.54, 1.807) is 12.1 Å². The van der Waals surface area contributed by atoms with Crippen molar-refractivity contribution >= 4 is 24.1 Å². The zero-order chi connectivity index (χ0) is 18.4. The van der Waals surface area contributed by atoms with Gasteiger partial charge < -0.3 is 15.4 Å². The zero-order valence-corrected chi connectivity index (χ0v) is 16.2. The number of hydrogen-bond donors (Lipinski definition) is 2. The molecule has 1 fully saturated rings. The van der Waals surface area contributed by atoms with Crippen LogP contribution in [0.3, 0.4) is 0 Å². The number of rotatable bonds is 6. The molecule has 2 aromatic carbocycles. The highest BCUT2D eigenvalue weighted by Gasteiger charge is 2.15. The predicted octanol–water partition coefficient (Wildman–Crippen LogP) is 3.09. The molecule has 3 rings (SSSR count). The van der Waals surface area contributed by atoms with Crippen LogP contribution < -0.4 is 10.6 Å². The minimum Gasteiger partial charge on any atom is -0.374 e. The first kappa shape index (κ1) is 21.1. The van der Waals surface area contributed by atoms with E-state index in [0.717, 1.165) is 24.2 Å². The van der Waals surface area contributed by atoms with Crippen LogP contribution in [-0.2, 0) is 4.74 Å². The van der Waals surface area contributed by atoms with Gasteiger partial charge in [0.2, 0.25) is 0 Å². The standard InChI is InChI=1S/C21H24N2O3.ClH/c1-2-20(24)18-5-3-4-17(12-18)15-6-8-16(9-7-15)21(25)23-14-19-13-22-10-11-26-19;/h3-9,12,19,22H,2,10-11,13-14H2,1H3,(H,23,25);1H. The van der Waals surface area contributed by atoms with E-state index < -0.39 is 0 Å². The maximum atomic E-state index is 12.3. The molecule has 144 valence electrons. The molecule has 1 heterocycles. The molecule has 1 saturated heterocycles. The Kier molecular flexibility index (Phi) is 7.98. The minimum atomic E-state index is -0.111. The summed E-state index contributed by atoms with van der Waals surface area (Å²) in [6.45, 7) is 4.64. The molecule has 6 heteroatoms. The topological polar surface area (TPSA) is 67.4 Å². The van der Waals surface area contributed by atoms with Gasteiger partial charge in [-0.15, -0.1) is 12.4 Å². The largest absolute Gasteiger partial charge is 0.374 e. The number of amides is 1. The van der Waals surface area contributed by atoms with Crippen molar-refractivity contribution in [3.05, 3.63) is 59.7 Å². The summed E-state index contributed by atoms with van der Waals surface area (Å²) in [7, 11) is 0. The minimum absolute atomic E-state index is 0. The third-order valence-corrected chi connectivity index (χ3v) is 4.48. The molecule has 1 aliphatic heterocycles. The van der Waals surface area contributed by atoms with Crippen LogP contribution in [0.4, 0.5) is 0 Å². The number of ketones is 1. The number of morpholine rings is 1. The molecule has 0 aliphatic carbocycles. The lowest BCUT2D eigenvalue weighted by Crippen LogP contribution is -2.45. The highest BCUT2D eigenvalue weighted by Crippen LogP contribution is 2.21. The lowest BCUT2D eigenvalue weighted by Gasteiger charge is -2.23. The van der Waals surface area contributed by atoms with Gasteiger partial charge in [-0.2, -0.15) is 0 Å². The van der Waals surface area contributed by atoms with Crippen LogP contribution in [0.2, 0.25) is 0 Å². The molecule has 0 bridgehead atoms. The molecule has 1 aliphatic rings. The molecule has 1 unspecified atom stereocenters. The van der Waals surface area contributed by atoms with Gasteiger partial charge in [-0.1, -0.05) is 37.3 Å². The van der Waals surface area contributed by atoms with E-state index in [9.17, 15) is 9.59 Å². The third-order valence-electron chi connectivity index (χ3n) is 4.48. The summed E-state index contributed by atoms with van der Waals surface area (Å²) in [5, 5.41) is 6.15. The van der Waals surface area contributed by atoms with E-state index in [1.807, 2.05) is 43.3 Å². The maximum Gasteiger partial charge on any atom is 0.251 e. The fourth-order valence-electron chi connectivity index (χ4n) is 2.95. The molecule has 0 saturated carbocycles. The molecule has 2 aromatic rings. The van der Waals surface area contributed by atoms with Gasteiger partial charge in [-0.3, -0.25) is 9.59 Å². The van der Waals surface area contributed by atoms with E-state index in [2.05, 4.69) is 10.6 Å². The normalized spacial score (nSPS) is 16.3. The summed E-state index contributed by atoms with van der Waals surface area (Å²) >= 11 is 0. The Labute approximate surface area is 165 Å². The van der Waals surface area contributed by atoms with Crippen LogP contribution in [0.15, 0.2) is 48.5 Å². The highest BCUT2D eigenvalue weighted by atomic mass is 35.5. The molecular formula is C21H25ClN2O3. The molecular weight excluding hydrogens is 364 g/mol. The second-order valence-electron chi connectivity index (χ2n) is 6.34. The van der Waals surface area contributed by atoms with E-state index in [-0.39, 0.29) is 30.2 Å². The van der Waals surface area contributed by atoms with Gasteiger partial charge in [0.1, 0.15) is 0 Å². The van der Waals surface area contributed by atoms with Crippen molar-refractivity contribution in [1.29, 1.82) is 0 Å². The molecule has 1 atom stereocenters. The SMILES string of the molecule is CCC(=O)c1cccc(-c2ccc(C(=O)NCC3CNCCO3)cc2)c1.Cl. The first-order valence-corrected chi connectivity index (χ1v) is 9.01. The predicted molar refractivity (Wildman–Crippen MR) is 109 cm³/mol. The number of hydrogen-bond acceptors (Lipinski definition) is 4. The number of carbonyl (C=O) groups excluding carboxylic acids is 2. The van der Waals surface area contributed by atoms with Crippen LogP contribution in [0.25, 0.3) is 11.1 Å². The highest BCUT2D eigenvalue weighted by molar-refractivity contribution is 5.97. The Morgan fingerprint density at radius 2 is 1.89 bits per heavy atom. The Hall–Kier alpha value is -2.21. The zero-order valence-electron chi connectivity index (χ0n) is 15.4. The fraction of sp³-hybridized carbons (Fsp3) is 0.333. The van der Waals surface area contributed by atoms with E-state index in [4.69, 9.17) is 4.74 Å². The van der Waals surface area contributed by atoms with Crippen LogP contribution in [-0.4, -0.2) is 44.0 Å². The molecule has 5 nitrogen and oxygen atoms in total. The second kappa shape index (κ2) is 10.2. The average molecular weight is 389 g/mol. The van der Waals surface area contributed by atoms with Crippen LogP contribution in [0, 0.1) is 0 Å². The van der Waals surface area contributed by atoms with E-state index in [1.165, 1.54) is 0 Å². The van der Waals surface area contributed by atoms with Crippen LogP contribution in [0.1, 0.15) is 34.1 Å². The number of Topliss-reactive ketones (excluding diaryl/α,β-unsaturated/α-hetero) is 1. The Morgan fingerprint density at radius 1 is 1.11 bits per heavy atom. The first-order valence-electron chi connectivity index (χ1n) is 9.01. The third kappa shape index (κ3) is 5.63. The van der Waals surface area contributed by atoms with Crippen molar-refractivity contribution in [2.75, 3.05) is 26.2 Å². The summed E-state index contributed by atoms with van der Waals surface area (Å²) in [5.74, 6) is 0.0166. The van der Waals surface area contributed by atoms with Gasteiger partial charge in [0, 0.05) is 37.2 Å². The Balaban J connectivity index is 0.00000261. The summed E-state index contributed by atoms with van der Waals surface area (Å²) < 4.78 is 5.58. The molecule has 0 aromatic heterocycles. The van der Waals surface area contributed by atoms with Gasteiger partial charge in [0.25, 0.3) is 5.91 Å². The quantitative estimate of drug-likeness (QED) is 0.746. The lowest BCUT2D eigenvalue weighted by molar-refractivity contribution is 0.0287. The van der Waals surface area contributed by atoms with Crippen LogP contribution >= 0.6 is 12.4 Å². The van der Waals surface area contributed by atoms with Crippen molar-refractivity contribution in [3.8, 4) is 11.1 Å². The summed E-state index contributed by atoms with van der Waals surface area (Å²) in [5.41, 5.74) is 3.27. The molecule has 0 spiro atoms. The Morgan fingerprint density at radius 3 is 2.56 bits per heavy atom. The molecule has 0 radical (unpaired) electrons. The monoisotopic (exact) mass is 388 g/mol. The average Bonchev–Trinajstić information content (AvgIpc) is 2.72. The number of nitrogens with one attached hydrogen (secondary N) is 2.